The zero-order chi connectivity index (χ0) is 25.6. The summed E-state index contributed by atoms with van der Waals surface area (Å²) < 4.78 is 28.1. The van der Waals surface area contributed by atoms with Crippen LogP contribution in [0.2, 0.25) is 18.1 Å². The number of aliphatic hydroxyl groups is 1. The van der Waals surface area contributed by atoms with Crippen molar-refractivity contribution in [1.29, 1.82) is 0 Å². The monoisotopic (exact) mass is 487 g/mol. The van der Waals surface area contributed by atoms with Gasteiger partial charge in [-0.25, -0.2) is 0 Å². The maximum Gasteiger partial charge on any atom is 0.315 e. The van der Waals surface area contributed by atoms with E-state index in [2.05, 4.69) is 33.9 Å². The van der Waals surface area contributed by atoms with Gasteiger partial charge in [0.1, 0.15) is 11.9 Å². The minimum absolute atomic E-state index is 0.0440. The lowest BCUT2D eigenvalue weighted by atomic mass is 9.89. The Morgan fingerprint density at radius 2 is 1.70 bits per heavy atom. The van der Waals surface area contributed by atoms with Gasteiger partial charge in [0.2, 0.25) is 5.75 Å². The number of methoxy groups -OCH3 is 4. The van der Waals surface area contributed by atoms with E-state index in [1.807, 2.05) is 6.92 Å². The van der Waals surface area contributed by atoms with Crippen LogP contribution >= 0.6 is 0 Å². The van der Waals surface area contributed by atoms with Crippen molar-refractivity contribution in [3.8, 4) is 11.5 Å². The standard InChI is InChI=1S/C23H41NO8Si/c1-15(11-19(25)20(29-6)14-32-33(9,10)23(2,3)4)21(30-7)17-12-16(28-5)13-18(24(26)27)22(17)31-8/h12-13,15,19-21,25H,11,14H2,1-10H3/t15-,19?,20+,21+/m0/s1. The number of ether oxygens (including phenoxy) is 4. The smallest absolute Gasteiger partial charge is 0.315 e. The molecule has 0 heterocycles. The van der Waals surface area contributed by atoms with Gasteiger partial charge in [-0.05, 0) is 36.5 Å². The molecule has 0 saturated heterocycles. The summed E-state index contributed by atoms with van der Waals surface area (Å²) in [5.74, 6) is 0.208. The lowest BCUT2D eigenvalue weighted by Crippen LogP contribution is -2.45. The first kappa shape index (κ1) is 29.3. The molecule has 10 heteroatoms. The minimum atomic E-state index is -2.00. The Labute approximate surface area is 198 Å². The first-order valence-corrected chi connectivity index (χ1v) is 13.9. The molecular weight excluding hydrogens is 446 g/mol. The number of hydrogen-bond donors (Lipinski definition) is 1. The fourth-order valence-electron chi connectivity index (χ4n) is 3.46. The van der Waals surface area contributed by atoms with Crippen molar-refractivity contribution >= 4 is 14.0 Å². The van der Waals surface area contributed by atoms with Crippen LogP contribution in [0.4, 0.5) is 5.69 Å². The van der Waals surface area contributed by atoms with Crippen molar-refractivity contribution in [2.45, 2.75) is 70.6 Å². The van der Waals surface area contributed by atoms with Gasteiger partial charge >= 0.3 is 5.69 Å². The van der Waals surface area contributed by atoms with Crippen molar-refractivity contribution < 1.29 is 33.4 Å². The number of benzene rings is 1. The molecule has 0 radical (unpaired) electrons. The molecule has 1 rings (SSSR count). The first-order chi connectivity index (χ1) is 15.2. The third kappa shape index (κ3) is 7.38. The molecule has 0 aromatic heterocycles. The first-order valence-electron chi connectivity index (χ1n) is 11.0. The summed E-state index contributed by atoms with van der Waals surface area (Å²) in [6.45, 7) is 13.0. The molecule has 0 saturated carbocycles. The molecule has 9 nitrogen and oxygen atoms in total. The van der Waals surface area contributed by atoms with E-state index in [9.17, 15) is 15.2 Å². The van der Waals surface area contributed by atoms with Gasteiger partial charge in [0, 0.05) is 19.8 Å². The summed E-state index contributed by atoms with van der Waals surface area (Å²) in [4.78, 5) is 11.1. The third-order valence-electron chi connectivity index (χ3n) is 6.55. The van der Waals surface area contributed by atoms with Crippen LogP contribution in [0, 0.1) is 16.0 Å². The fraction of sp³-hybridized carbons (Fsp3) is 0.739. The molecule has 0 bridgehead atoms. The van der Waals surface area contributed by atoms with Gasteiger partial charge in [0.15, 0.2) is 8.32 Å². The van der Waals surface area contributed by atoms with E-state index in [4.69, 9.17) is 23.4 Å². The zero-order valence-corrected chi connectivity index (χ0v) is 22.6. The van der Waals surface area contributed by atoms with Gasteiger partial charge in [-0.2, -0.15) is 0 Å². The van der Waals surface area contributed by atoms with Gasteiger partial charge in [-0.15, -0.1) is 0 Å². The predicted octanol–water partition coefficient (Wildman–Crippen LogP) is 4.72. The van der Waals surface area contributed by atoms with Crippen LogP contribution in [0.25, 0.3) is 0 Å². The molecule has 0 spiro atoms. The molecule has 0 aliphatic rings. The van der Waals surface area contributed by atoms with Crippen LogP contribution in [0.3, 0.4) is 0 Å². The molecule has 190 valence electrons. The van der Waals surface area contributed by atoms with Gasteiger partial charge in [-0.3, -0.25) is 10.1 Å². The van der Waals surface area contributed by atoms with E-state index >= 15 is 0 Å². The maximum absolute atomic E-state index is 11.6. The number of nitrogens with zero attached hydrogens (tertiary/aromatic N) is 1. The summed E-state index contributed by atoms with van der Waals surface area (Å²) in [5.41, 5.74) is 0.274. The average Bonchev–Trinajstić information content (AvgIpc) is 2.72. The SMILES string of the molecule is COc1cc([C@H](OC)[C@@H](C)CC(O)[C@@H](CO[Si](C)(C)C(C)(C)C)OC)c(OC)c([N+](=O)[O-])c1. The highest BCUT2D eigenvalue weighted by Gasteiger charge is 2.39. The van der Waals surface area contributed by atoms with E-state index in [1.165, 1.54) is 27.4 Å². The molecule has 1 aromatic rings. The molecule has 0 amide bonds. The topological polar surface area (TPSA) is 110 Å². The zero-order valence-electron chi connectivity index (χ0n) is 21.6. The second kappa shape index (κ2) is 12.1. The molecule has 4 atom stereocenters. The minimum Gasteiger partial charge on any atom is -0.496 e. The Hall–Kier alpha value is -1.72. The van der Waals surface area contributed by atoms with Crippen molar-refractivity contribution in [2.75, 3.05) is 35.0 Å². The number of nitro groups is 1. The van der Waals surface area contributed by atoms with Crippen LogP contribution in [-0.2, 0) is 13.9 Å². The Morgan fingerprint density at radius 1 is 1.09 bits per heavy atom. The summed E-state index contributed by atoms with van der Waals surface area (Å²) >= 11 is 0. The van der Waals surface area contributed by atoms with Gasteiger partial charge in [0.05, 0.1) is 44.0 Å². The summed E-state index contributed by atoms with van der Waals surface area (Å²) in [5, 5.41) is 22.5. The quantitative estimate of drug-likeness (QED) is 0.242. The largest absolute Gasteiger partial charge is 0.496 e. The van der Waals surface area contributed by atoms with E-state index in [0.717, 1.165) is 0 Å². The van der Waals surface area contributed by atoms with Crippen LogP contribution < -0.4 is 9.47 Å². The Balaban J connectivity index is 3.11. The molecule has 0 fully saturated rings. The van der Waals surface area contributed by atoms with Crippen molar-refractivity contribution in [3.05, 3.63) is 27.8 Å². The normalized spacial score (nSPS) is 16.1. The highest BCUT2D eigenvalue weighted by molar-refractivity contribution is 6.74. The molecule has 0 aliphatic carbocycles. The molecule has 1 N–H and O–H groups in total. The molecule has 1 unspecified atom stereocenters. The van der Waals surface area contributed by atoms with E-state index in [1.54, 1.807) is 13.2 Å². The van der Waals surface area contributed by atoms with E-state index < -0.39 is 31.6 Å². The summed E-state index contributed by atoms with van der Waals surface area (Å²) in [7, 11) is 3.89. The van der Waals surface area contributed by atoms with Crippen molar-refractivity contribution in [2.24, 2.45) is 5.92 Å². The summed E-state index contributed by atoms with van der Waals surface area (Å²) in [6.07, 6.45) is -1.59. The summed E-state index contributed by atoms with van der Waals surface area (Å²) in [6, 6.07) is 2.98. The highest BCUT2D eigenvalue weighted by atomic mass is 28.4. The Kier molecular flexibility index (Phi) is 10.8. The van der Waals surface area contributed by atoms with Crippen LogP contribution in [0.15, 0.2) is 12.1 Å². The Bertz CT molecular complexity index is 780. The second-order valence-corrected chi connectivity index (χ2v) is 14.6. The van der Waals surface area contributed by atoms with Crippen molar-refractivity contribution in [3.63, 3.8) is 0 Å². The van der Waals surface area contributed by atoms with E-state index in [0.29, 0.717) is 17.7 Å². The number of hydrogen-bond acceptors (Lipinski definition) is 8. The van der Waals surface area contributed by atoms with Crippen LogP contribution in [0.1, 0.15) is 45.8 Å². The average molecular weight is 488 g/mol. The second-order valence-electron chi connectivity index (χ2n) is 9.81. The molecule has 0 aliphatic heterocycles. The number of aliphatic hydroxyl groups excluding tert-OH is 1. The van der Waals surface area contributed by atoms with Crippen LogP contribution in [-0.4, -0.2) is 65.6 Å². The highest BCUT2D eigenvalue weighted by Crippen LogP contribution is 2.43. The van der Waals surface area contributed by atoms with Crippen LogP contribution in [0.5, 0.6) is 11.5 Å². The number of nitro benzene ring substituents is 1. The van der Waals surface area contributed by atoms with Gasteiger partial charge in [0.25, 0.3) is 0 Å². The third-order valence-corrected chi connectivity index (χ3v) is 11.0. The molecule has 1 aromatic carbocycles. The fourth-order valence-corrected chi connectivity index (χ4v) is 4.48. The maximum atomic E-state index is 11.6. The van der Waals surface area contributed by atoms with Gasteiger partial charge < -0.3 is 28.5 Å². The Morgan fingerprint density at radius 3 is 2.12 bits per heavy atom. The molecule has 33 heavy (non-hydrogen) atoms. The lowest BCUT2D eigenvalue weighted by molar-refractivity contribution is -0.385. The lowest BCUT2D eigenvalue weighted by Gasteiger charge is -2.38. The predicted molar refractivity (Wildman–Crippen MR) is 130 cm³/mol. The molecular formula is C23H41NO8Si. The number of rotatable bonds is 13. The van der Waals surface area contributed by atoms with Gasteiger partial charge in [-0.1, -0.05) is 27.7 Å². The van der Waals surface area contributed by atoms with Crippen molar-refractivity contribution in [1.82, 2.24) is 0 Å². The van der Waals surface area contributed by atoms with E-state index in [-0.39, 0.29) is 29.0 Å².